The zero-order valence-electron chi connectivity index (χ0n) is 12.1. The first-order valence-electron chi connectivity index (χ1n) is 6.53. The van der Waals surface area contributed by atoms with Gasteiger partial charge in [0.1, 0.15) is 11.7 Å². The summed E-state index contributed by atoms with van der Waals surface area (Å²) in [5.74, 6) is 0.0545. The Morgan fingerprint density at radius 3 is 2.23 bits per heavy atom. The van der Waals surface area contributed by atoms with Gasteiger partial charge >= 0.3 is 0 Å². The van der Waals surface area contributed by atoms with E-state index in [0.717, 1.165) is 11.3 Å². The highest BCUT2D eigenvalue weighted by Gasteiger charge is 2.02. The molecule has 0 aliphatic carbocycles. The van der Waals surface area contributed by atoms with Gasteiger partial charge in [-0.15, -0.1) is 5.11 Å². The molecule has 0 heterocycles. The van der Waals surface area contributed by atoms with Crippen molar-refractivity contribution in [3.63, 3.8) is 0 Å². The Bertz CT molecular complexity index is 732. The van der Waals surface area contributed by atoms with Gasteiger partial charge in [0.15, 0.2) is 0 Å². The number of rotatable bonds is 5. The number of amidine groups is 2. The maximum absolute atomic E-state index is 7.44. The van der Waals surface area contributed by atoms with Gasteiger partial charge < -0.3 is 11.5 Å². The summed E-state index contributed by atoms with van der Waals surface area (Å²) in [6.45, 7) is 1.87. The zero-order chi connectivity index (χ0) is 16.1. The van der Waals surface area contributed by atoms with Crippen LogP contribution in [-0.4, -0.2) is 11.7 Å². The molecule has 2 aromatic rings. The van der Waals surface area contributed by atoms with Gasteiger partial charge in [-0.2, -0.15) is 0 Å². The highest BCUT2D eigenvalue weighted by molar-refractivity contribution is 5.96. The van der Waals surface area contributed by atoms with Crippen LogP contribution >= 0.6 is 0 Å². The number of nitrogens with two attached hydrogens (primary N) is 2. The van der Waals surface area contributed by atoms with Crippen LogP contribution in [0.1, 0.15) is 16.7 Å². The quantitative estimate of drug-likeness (QED) is 0.251. The van der Waals surface area contributed by atoms with E-state index in [4.69, 9.17) is 22.3 Å². The summed E-state index contributed by atoms with van der Waals surface area (Å²) in [6.07, 6.45) is 0. The molecule has 0 spiro atoms. The van der Waals surface area contributed by atoms with Crippen molar-refractivity contribution >= 4 is 23.0 Å². The molecule has 0 atom stereocenters. The van der Waals surface area contributed by atoms with Gasteiger partial charge in [-0.1, -0.05) is 5.22 Å². The molecular formula is C15H17N7. The normalized spacial score (nSPS) is 10.6. The number of anilines is 1. The molecule has 0 amide bonds. The Kier molecular flexibility index (Phi) is 4.47. The summed E-state index contributed by atoms with van der Waals surface area (Å²) < 4.78 is 0. The monoisotopic (exact) mass is 295 g/mol. The predicted molar refractivity (Wildman–Crippen MR) is 87.8 cm³/mol. The summed E-state index contributed by atoms with van der Waals surface area (Å²) in [5.41, 5.74) is 17.3. The second-order valence-corrected chi connectivity index (χ2v) is 4.72. The van der Waals surface area contributed by atoms with Crippen LogP contribution in [0, 0.1) is 17.7 Å². The van der Waals surface area contributed by atoms with E-state index >= 15 is 0 Å². The average molecular weight is 295 g/mol. The fourth-order valence-corrected chi connectivity index (χ4v) is 1.88. The minimum Gasteiger partial charge on any atom is -0.384 e. The average Bonchev–Trinajstić information content (AvgIpc) is 2.47. The van der Waals surface area contributed by atoms with Crippen LogP contribution in [0.4, 0.5) is 11.4 Å². The minimum absolute atomic E-state index is 0.0163. The second kappa shape index (κ2) is 6.49. The van der Waals surface area contributed by atoms with Crippen molar-refractivity contribution < 1.29 is 0 Å². The molecule has 0 aliphatic rings. The number of aryl methyl sites for hydroxylation is 1. The molecule has 7 nitrogen and oxygen atoms in total. The molecule has 2 aromatic carbocycles. The Morgan fingerprint density at radius 2 is 1.68 bits per heavy atom. The first-order valence-corrected chi connectivity index (χ1v) is 6.53. The van der Waals surface area contributed by atoms with Gasteiger partial charge in [-0.3, -0.25) is 16.2 Å². The molecule has 0 unspecified atom stereocenters. The van der Waals surface area contributed by atoms with E-state index in [-0.39, 0.29) is 11.7 Å². The lowest BCUT2D eigenvalue weighted by molar-refractivity contribution is 1.13. The Morgan fingerprint density at radius 1 is 1.00 bits per heavy atom. The molecule has 0 fully saturated rings. The molecule has 22 heavy (non-hydrogen) atoms. The number of nitrogens with one attached hydrogen (secondary N) is 3. The first-order chi connectivity index (χ1) is 10.5. The van der Waals surface area contributed by atoms with Crippen molar-refractivity contribution in [3.8, 4) is 0 Å². The minimum atomic E-state index is 0.0163. The molecule has 112 valence electrons. The van der Waals surface area contributed by atoms with Gasteiger partial charge in [0.05, 0.1) is 11.4 Å². The van der Waals surface area contributed by atoms with Crippen LogP contribution in [0.3, 0.4) is 0 Å². The molecule has 0 saturated heterocycles. The predicted octanol–water partition coefficient (Wildman–Crippen LogP) is 2.67. The molecule has 0 saturated carbocycles. The Labute approximate surface area is 128 Å². The Balaban J connectivity index is 2.04. The van der Waals surface area contributed by atoms with E-state index in [1.165, 1.54) is 0 Å². The molecular weight excluding hydrogens is 278 g/mol. The lowest BCUT2D eigenvalue weighted by Gasteiger charge is -2.06. The highest BCUT2D eigenvalue weighted by atomic mass is 15.4. The van der Waals surface area contributed by atoms with Crippen LogP contribution in [0.25, 0.3) is 0 Å². The Hall–Kier alpha value is -3.22. The van der Waals surface area contributed by atoms with Crippen molar-refractivity contribution in [2.24, 2.45) is 21.8 Å². The van der Waals surface area contributed by atoms with Crippen molar-refractivity contribution in [2.75, 3.05) is 5.43 Å². The molecule has 2 rings (SSSR count). The van der Waals surface area contributed by atoms with E-state index in [9.17, 15) is 0 Å². The number of nitrogens with zero attached hydrogens (tertiary/aromatic N) is 2. The van der Waals surface area contributed by atoms with Crippen molar-refractivity contribution in [1.82, 2.24) is 0 Å². The van der Waals surface area contributed by atoms with Gasteiger partial charge in [0.25, 0.3) is 0 Å². The smallest absolute Gasteiger partial charge is 0.123 e. The van der Waals surface area contributed by atoms with Crippen LogP contribution < -0.4 is 16.9 Å². The number of nitrogen functional groups attached to an aromatic ring is 2. The van der Waals surface area contributed by atoms with Crippen molar-refractivity contribution in [1.29, 1.82) is 10.8 Å². The standard InChI is InChI=1S/C15H17N7/c1-9-8-12(6-7-13(9)15(18)19)21-22-20-11-4-2-10(3-5-11)14(16)17/h2-8H,1H3,(H3,16,17)(H3,18,19)(H,20,21). The molecule has 0 aromatic heterocycles. The summed E-state index contributed by atoms with van der Waals surface area (Å²) in [4.78, 5) is 0. The van der Waals surface area contributed by atoms with E-state index in [2.05, 4.69) is 15.8 Å². The maximum atomic E-state index is 7.44. The number of hydrogen-bond acceptors (Lipinski definition) is 4. The van der Waals surface area contributed by atoms with E-state index in [0.29, 0.717) is 16.8 Å². The van der Waals surface area contributed by atoms with Gasteiger partial charge in [0, 0.05) is 11.1 Å². The fourth-order valence-electron chi connectivity index (χ4n) is 1.88. The number of hydrogen-bond donors (Lipinski definition) is 5. The first kappa shape index (κ1) is 15.2. The van der Waals surface area contributed by atoms with Crippen LogP contribution in [0.2, 0.25) is 0 Å². The van der Waals surface area contributed by atoms with Crippen LogP contribution in [0.15, 0.2) is 52.8 Å². The second-order valence-electron chi connectivity index (χ2n) is 4.72. The van der Waals surface area contributed by atoms with E-state index < -0.39 is 0 Å². The zero-order valence-corrected chi connectivity index (χ0v) is 12.1. The van der Waals surface area contributed by atoms with Crippen LogP contribution in [0.5, 0.6) is 0 Å². The SMILES string of the molecule is Cc1cc(N/N=N/c2ccc(C(=N)N)cc2)ccc1C(=N)N. The van der Waals surface area contributed by atoms with Gasteiger partial charge in [0.2, 0.25) is 0 Å². The van der Waals surface area contributed by atoms with E-state index in [1.54, 1.807) is 36.4 Å². The fraction of sp³-hybridized carbons (Fsp3) is 0.0667. The third-order valence-corrected chi connectivity index (χ3v) is 3.04. The molecule has 0 radical (unpaired) electrons. The third kappa shape index (κ3) is 3.66. The summed E-state index contributed by atoms with van der Waals surface area (Å²) in [6, 6.07) is 12.3. The third-order valence-electron chi connectivity index (χ3n) is 3.04. The maximum Gasteiger partial charge on any atom is 0.123 e. The topological polar surface area (TPSA) is 136 Å². The van der Waals surface area contributed by atoms with Crippen molar-refractivity contribution in [2.45, 2.75) is 6.92 Å². The molecule has 7 N–H and O–H groups in total. The van der Waals surface area contributed by atoms with Crippen molar-refractivity contribution in [3.05, 3.63) is 59.2 Å². The lowest BCUT2D eigenvalue weighted by atomic mass is 10.1. The van der Waals surface area contributed by atoms with Gasteiger partial charge in [-0.25, -0.2) is 0 Å². The van der Waals surface area contributed by atoms with Gasteiger partial charge in [-0.05, 0) is 55.0 Å². The summed E-state index contributed by atoms with van der Waals surface area (Å²) >= 11 is 0. The summed E-state index contributed by atoms with van der Waals surface area (Å²) in [7, 11) is 0. The number of benzene rings is 2. The highest BCUT2D eigenvalue weighted by Crippen LogP contribution is 2.17. The molecule has 0 aliphatic heterocycles. The largest absolute Gasteiger partial charge is 0.384 e. The van der Waals surface area contributed by atoms with Crippen LogP contribution in [-0.2, 0) is 0 Å². The molecule has 7 heteroatoms. The van der Waals surface area contributed by atoms with E-state index in [1.807, 2.05) is 13.0 Å². The lowest BCUT2D eigenvalue weighted by Crippen LogP contribution is -2.12. The molecule has 0 bridgehead atoms. The summed E-state index contributed by atoms with van der Waals surface area (Å²) in [5, 5.41) is 22.7.